The lowest BCUT2D eigenvalue weighted by Crippen LogP contribution is -2.15. The molecule has 2 aliphatic rings. The van der Waals surface area contributed by atoms with Crippen LogP contribution in [0, 0.1) is 0 Å². The third-order valence-electron chi connectivity index (χ3n) is 3.61. The van der Waals surface area contributed by atoms with Crippen LogP contribution < -0.4 is 10.3 Å². The number of para-hydroxylation sites is 1. The number of hydrogen-bond donors (Lipinski definition) is 1. The van der Waals surface area contributed by atoms with Gasteiger partial charge in [-0.05, 0) is 30.3 Å². The van der Waals surface area contributed by atoms with E-state index in [2.05, 4.69) is 15.3 Å². The minimum Gasteiger partial charge on any atom is -0.497 e. The van der Waals surface area contributed by atoms with E-state index in [1.54, 1.807) is 31.4 Å². The van der Waals surface area contributed by atoms with Gasteiger partial charge in [0.25, 0.3) is 0 Å². The normalized spacial score (nSPS) is 11.1. The molecule has 4 rings (SSSR count). The van der Waals surface area contributed by atoms with Crippen LogP contribution in [-0.2, 0) is 0 Å². The molecule has 0 aliphatic carbocycles. The van der Waals surface area contributed by atoms with Gasteiger partial charge in [0.1, 0.15) is 11.4 Å². The van der Waals surface area contributed by atoms with Crippen LogP contribution in [0.3, 0.4) is 0 Å². The van der Waals surface area contributed by atoms with Crippen LogP contribution in [0.2, 0.25) is 0 Å². The zero-order chi connectivity index (χ0) is 15.1. The SMILES string of the molecule is COc1ccc(-n2nc3c4ccccc4[nH]nc-3c2=O)cc1. The molecule has 0 bridgehead atoms. The van der Waals surface area contributed by atoms with Gasteiger partial charge < -0.3 is 4.74 Å². The summed E-state index contributed by atoms with van der Waals surface area (Å²) in [5.41, 5.74) is 2.19. The first-order chi connectivity index (χ1) is 10.8. The summed E-state index contributed by atoms with van der Waals surface area (Å²) in [6.45, 7) is 0. The van der Waals surface area contributed by atoms with Crippen LogP contribution in [0.25, 0.3) is 28.0 Å². The van der Waals surface area contributed by atoms with Gasteiger partial charge in [-0.3, -0.25) is 9.89 Å². The summed E-state index contributed by atoms with van der Waals surface area (Å²) in [4.78, 5) is 12.5. The summed E-state index contributed by atoms with van der Waals surface area (Å²) >= 11 is 0. The van der Waals surface area contributed by atoms with Crippen molar-refractivity contribution in [3.05, 3.63) is 58.9 Å². The summed E-state index contributed by atoms with van der Waals surface area (Å²) in [7, 11) is 1.60. The van der Waals surface area contributed by atoms with Crippen molar-refractivity contribution in [3.8, 4) is 22.8 Å². The number of ether oxygens (including phenoxy) is 1. The van der Waals surface area contributed by atoms with E-state index in [0.717, 1.165) is 16.7 Å². The van der Waals surface area contributed by atoms with Gasteiger partial charge in [0.15, 0.2) is 5.69 Å². The zero-order valence-corrected chi connectivity index (χ0v) is 11.8. The van der Waals surface area contributed by atoms with Crippen molar-refractivity contribution in [2.45, 2.75) is 0 Å². The molecule has 0 atom stereocenters. The highest BCUT2D eigenvalue weighted by molar-refractivity contribution is 5.91. The number of nitrogens with one attached hydrogen (secondary N) is 1. The molecule has 0 amide bonds. The van der Waals surface area contributed by atoms with Gasteiger partial charge >= 0.3 is 5.56 Å². The van der Waals surface area contributed by atoms with Gasteiger partial charge in [-0.25, -0.2) is 0 Å². The molecule has 0 radical (unpaired) electrons. The van der Waals surface area contributed by atoms with Gasteiger partial charge in [0, 0.05) is 5.39 Å². The lowest BCUT2D eigenvalue weighted by atomic mass is 10.1. The number of H-pyrrole nitrogens is 1. The molecule has 0 aromatic heterocycles. The Morgan fingerprint density at radius 2 is 1.82 bits per heavy atom. The first kappa shape index (κ1) is 12.6. The molecule has 6 nitrogen and oxygen atoms in total. The lowest BCUT2D eigenvalue weighted by Gasteiger charge is -2.02. The highest BCUT2D eigenvalue weighted by Gasteiger charge is 2.20. The van der Waals surface area contributed by atoms with Crippen LogP contribution in [0.1, 0.15) is 0 Å². The van der Waals surface area contributed by atoms with Crippen molar-refractivity contribution in [2.24, 2.45) is 0 Å². The summed E-state index contributed by atoms with van der Waals surface area (Å²) in [5.74, 6) is 0.727. The second-order valence-electron chi connectivity index (χ2n) is 4.88. The van der Waals surface area contributed by atoms with Crippen molar-refractivity contribution < 1.29 is 4.74 Å². The Balaban J connectivity index is 1.98. The number of hydrogen-bond acceptors (Lipinski definition) is 4. The number of methoxy groups -OCH3 is 1. The van der Waals surface area contributed by atoms with Crippen LogP contribution in [0.4, 0.5) is 0 Å². The van der Waals surface area contributed by atoms with E-state index in [9.17, 15) is 4.79 Å². The van der Waals surface area contributed by atoms with E-state index < -0.39 is 0 Å². The standard InChI is InChI=1S/C16H12N4O2/c1-22-11-8-6-10(7-9-11)20-16(21)15-14(19-20)12-4-2-3-5-13(12)17-18-15/h2-9,17H,1H3. The Morgan fingerprint density at radius 1 is 1.05 bits per heavy atom. The van der Waals surface area contributed by atoms with E-state index in [1.165, 1.54) is 4.68 Å². The average molecular weight is 292 g/mol. The minimum absolute atomic E-state index is 0.248. The maximum absolute atomic E-state index is 12.5. The van der Waals surface area contributed by atoms with E-state index in [0.29, 0.717) is 17.1 Å². The van der Waals surface area contributed by atoms with Crippen molar-refractivity contribution in [1.29, 1.82) is 0 Å². The fourth-order valence-corrected chi connectivity index (χ4v) is 2.48. The zero-order valence-electron chi connectivity index (χ0n) is 11.8. The van der Waals surface area contributed by atoms with Crippen molar-refractivity contribution in [2.75, 3.05) is 7.11 Å². The summed E-state index contributed by atoms with van der Waals surface area (Å²) in [6.07, 6.45) is 0. The summed E-state index contributed by atoms with van der Waals surface area (Å²) < 4.78 is 6.49. The smallest absolute Gasteiger partial charge is 0.301 e. The topological polar surface area (TPSA) is 72.8 Å². The predicted octanol–water partition coefficient (Wildman–Crippen LogP) is 2.22. The van der Waals surface area contributed by atoms with Gasteiger partial charge in [-0.1, -0.05) is 18.2 Å². The molecular formula is C16H12N4O2. The van der Waals surface area contributed by atoms with Crippen molar-refractivity contribution in [3.63, 3.8) is 0 Å². The number of rotatable bonds is 2. The molecule has 2 heterocycles. The molecule has 2 aromatic rings. The third-order valence-corrected chi connectivity index (χ3v) is 3.61. The Bertz CT molecular complexity index is 985. The minimum atomic E-state index is -0.248. The Kier molecular flexibility index (Phi) is 2.69. The van der Waals surface area contributed by atoms with Crippen LogP contribution in [-0.4, -0.2) is 27.1 Å². The predicted molar refractivity (Wildman–Crippen MR) is 82.7 cm³/mol. The van der Waals surface area contributed by atoms with E-state index in [-0.39, 0.29) is 5.56 Å². The maximum atomic E-state index is 12.5. The first-order valence-corrected chi connectivity index (χ1v) is 6.78. The van der Waals surface area contributed by atoms with Crippen molar-refractivity contribution >= 4 is 10.9 Å². The number of aromatic nitrogens is 4. The second kappa shape index (κ2) is 4.70. The molecule has 108 valence electrons. The van der Waals surface area contributed by atoms with Crippen LogP contribution in [0.5, 0.6) is 5.75 Å². The van der Waals surface area contributed by atoms with Gasteiger partial charge in [-0.2, -0.15) is 14.9 Å². The summed E-state index contributed by atoms with van der Waals surface area (Å²) in [5, 5.41) is 12.4. The molecule has 0 saturated carbocycles. The largest absolute Gasteiger partial charge is 0.497 e. The molecule has 2 aliphatic heterocycles. The molecule has 0 saturated heterocycles. The maximum Gasteiger partial charge on any atom is 0.301 e. The second-order valence-corrected chi connectivity index (χ2v) is 4.88. The Hall–Kier alpha value is -3.15. The fraction of sp³-hybridized carbons (Fsp3) is 0.0625. The number of benzene rings is 2. The molecule has 6 heteroatoms. The van der Waals surface area contributed by atoms with Gasteiger partial charge in [-0.15, -0.1) is 0 Å². The molecule has 22 heavy (non-hydrogen) atoms. The highest BCUT2D eigenvalue weighted by atomic mass is 16.5. The third kappa shape index (κ3) is 1.77. The molecule has 0 fully saturated rings. The molecule has 1 N–H and O–H groups in total. The van der Waals surface area contributed by atoms with Gasteiger partial charge in [0.05, 0.1) is 18.3 Å². The monoisotopic (exact) mass is 292 g/mol. The average Bonchev–Trinajstić information content (AvgIpc) is 2.92. The lowest BCUT2D eigenvalue weighted by molar-refractivity contribution is 0.414. The first-order valence-electron chi connectivity index (χ1n) is 6.78. The van der Waals surface area contributed by atoms with Crippen LogP contribution >= 0.6 is 0 Å². The molecular weight excluding hydrogens is 280 g/mol. The summed E-state index contributed by atoms with van der Waals surface area (Å²) in [6, 6.07) is 14.8. The fourth-order valence-electron chi connectivity index (χ4n) is 2.48. The Morgan fingerprint density at radius 3 is 2.59 bits per heavy atom. The van der Waals surface area contributed by atoms with Crippen LogP contribution in [0.15, 0.2) is 53.3 Å². The number of fused-ring (bicyclic) bond motifs is 3. The molecule has 2 aromatic carbocycles. The van der Waals surface area contributed by atoms with E-state index in [1.807, 2.05) is 24.3 Å². The quantitative estimate of drug-likeness (QED) is 0.615. The highest BCUT2D eigenvalue weighted by Crippen LogP contribution is 2.24. The van der Waals surface area contributed by atoms with Gasteiger partial charge in [0.2, 0.25) is 0 Å². The number of aromatic amines is 1. The van der Waals surface area contributed by atoms with E-state index >= 15 is 0 Å². The molecule has 0 spiro atoms. The van der Waals surface area contributed by atoms with E-state index in [4.69, 9.17) is 4.74 Å². The van der Waals surface area contributed by atoms with Crippen molar-refractivity contribution in [1.82, 2.24) is 20.0 Å². The molecule has 0 unspecified atom stereocenters. The Labute approximate surface area is 125 Å². The number of nitrogens with zero attached hydrogens (tertiary/aromatic N) is 3.